The molecule has 4 N–H and O–H groups in total. The molecule has 1 aromatic carbocycles. The Hall–Kier alpha value is -3.36. The fourth-order valence-corrected chi connectivity index (χ4v) is 3.12. The van der Waals surface area contributed by atoms with E-state index in [-0.39, 0.29) is 5.82 Å². The summed E-state index contributed by atoms with van der Waals surface area (Å²) in [5.41, 5.74) is 8.34. The van der Waals surface area contributed by atoms with Gasteiger partial charge in [0.2, 0.25) is 5.91 Å². The van der Waals surface area contributed by atoms with Gasteiger partial charge in [0, 0.05) is 72.9 Å². The van der Waals surface area contributed by atoms with Crippen molar-refractivity contribution in [2.45, 2.75) is 6.54 Å². The molecule has 1 saturated heterocycles. The van der Waals surface area contributed by atoms with E-state index in [4.69, 9.17) is 15.9 Å². The Bertz CT molecular complexity index is 968. The standard InChI is InChI=1S/C22H24FN5O2/c23-21-11-19(3-1-17(21)15-28-7-9-30-10-8-28)27-22(29)4-2-16-14-26-6-5-20(16)18(12-24)13-25/h1-6,11-14,24H,7-10,15,25H2,(H,27,29)/b4-2+,18-13?,24-12?. The molecule has 1 amide bonds. The van der Waals surface area contributed by atoms with Crippen LogP contribution < -0.4 is 11.1 Å². The molecular weight excluding hydrogens is 385 g/mol. The first kappa shape index (κ1) is 21.4. The summed E-state index contributed by atoms with van der Waals surface area (Å²) in [5, 5.41) is 10.1. The molecule has 0 atom stereocenters. The second-order valence-corrected chi connectivity index (χ2v) is 6.75. The predicted molar refractivity (Wildman–Crippen MR) is 115 cm³/mol. The van der Waals surface area contributed by atoms with Crippen LogP contribution in [0, 0.1) is 11.2 Å². The van der Waals surface area contributed by atoms with Gasteiger partial charge in [0.05, 0.1) is 13.2 Å². The van der Waals surface area contributed by atoms with E-state index in [1.54, 1.807) is 36.7 Å². The Labute approximate surface area is 174 Å². The van der Waals surface area contributed by atoms with Crippen molar-refractivity contribution in [1.82, 2.24) is 9.88 Å². The first-order valence-corrected chi connectivity index (χ1v) is 9.55. The van der Waals surface area contributed by atoms with Gasteiger partial charge in [-0.2, -0.15) is 0 Å². The Balaban J connectivity index is 1.65. The van der Waals surface area contributed by atoms with Gasteiger partial charge in [0.15, 0.2) is 0 Å². The highest BCUT2D eigenvalue weighted by molar-refractivity contribution is 6.10. The Kier molecular flexibility index (Phi) is 7.42. The third kappa shape index (κ3) is 5.59. The number of nitrogens with one attached hydrogen (secondary N) is 2. The summed E-state index contributed by atoms with van der Waals surface area (Å²) in [4.78, 5) is 18.4. The van der Waals surface area contributed by atoms with E-state index in [0.29, 0.717) is 47.7 Å². The van der Waals surface area contributed by atoms with Crippen LogP contribution in [0.2, 0.25) is 0 Å². The summed E-state index contributed by atoms with van der Waals surface area (Å²) in [7, 11) is 0. The van der Waals surface area contributed by atoms with Gasteiger partial charge in [-0.3, -0.25) is 14.7 Å². The largest absolute Gasteiger partial charge is 0.404 e. The van der Waals surface area contributed by atoms with E-state index in [2.05, 4.69) is 15.2 Å². The summed E-state index contributed by atoms with van der Waals surface area (Å²) in [6.07, 6.45) is 8.52. The Morgan fingerprint density at radius 3 is 2.83 bits per heavy atom. The summed E-state index contributed by atoms with van der Waals surface area (Å²) >= 11 is 0. The molecule has 0 saturated carbocycles. The molecule has 3 rings (SSSR count). The average molecular weight is 409 g/mol. The summed E-state index contributed by atoms with van der Waals surface area (Å²) < 4.78 is 19.8. The van der Waals surface area contributed by atoms with Gasteiger partial charge < -0.3 is 21.2 Å². The van der Waals surface area contributed by atoms with Crippen LogP contribution >= 0.6 is 0 Å². The molecule has 156 valence electrons. The van der Waals surface area contributed by atoms with Crippen LogP contribution in [0.15, 0.2) is 48.9 Å². The molecule has 0 radical (unpaired) electrons. The third-order valence-electron chi connectivity index (χ3n) is 4.73. The molecule has 2 heterocycles. The number of carbonyl (C=O) groups is 1. The zero-order chi connectivity index (χ0) is 21.3. The number of pyridine rings is 1. The predicted octanol–water partition coefficient (Wildman–Crippen LogP) is 2.65. The van der Waals surface area contributed by atoms with E-state index in [1.165, 1.54) is 18.3 Å². The van der Waals surface area contributed by atoms with Gasteiger partial charge in [-0.15, -0.1) is 0 Å². The van der Waals surface area contributed by atoms with E-state index < -0.39 is 5.91 Å². The lowest BCUT2D eigenvalue weighted by Gasteiger charge is -2.26. The van der Waals surface area contributed by atoms with Gasteiger partial charge in [-0.1, -0.05) is 6.07 Å². The van der Waals surface area contributed by atoms with Gasteiger partial charge in [0.25, 0.3) is 0 Å². The second kappa shape index (κ2) is 10.4. The number of ether oxygens (including phenoxy) is 1. The van der Waals surface area contributed by atoms with Crippen molar-refractivity contribution in [2.24, 2.45) is 5.73 Å². The van der Waals surface area contributed by atoms with Crippen LogP contribution in [0.4, 0.5) is 10.1 Å². The SMILES string of the molecule is N=CC(=CN)c1ccncc1/C=C/C(=O)Nc1ccc(CN2CCOCC2)c(F)c1. The molecule has 0 aliphatic carbocycles. The number of morpholine rings is 1. The van der Waals surface area contributed by atoms with Crippen molar-refractivity contribution in [3.8, 4) is 0 Å². The zero-order valence-corrected chi connectivity index (χ0v) is 16.5. The van der Waals surface area contributed by atoms with Gasteiger partial charge in [-0.05, 0) is 29.8 Å². The van der Waals surface area contributed by atoms with Gasteiger partial charge >= 0.3 is 0 Å². The number of nitrogens with zero attached hydrogens (tertiary/aromatic N) is 2. The lowest BCUT2D eigenvalue weighted by atomic mass is 10.0. The summed E-state index contributed by atoms with van der Waals surface area (Å²) in [6.45, 7) is 3.37. The Morgan fingerprint density at radius 1 is 1.33 bits per heavy atom. The number of halogens is 1. The number of anilines is 1. The number of amides is 1. The first-order valence-electron chi connectivity index (χ1n) is 9.55. The molecule has 8 heteroatoms. The zero-order valence-electron chi connectivity index (χ0n) is 16.5. The number of aromatic nitrogens is 1. The first-order chi connectivity index (χ1) is 14.6. The molecule has 2 aromatic rings. The monoisotopic (exact) mass is 409 g/mol. The van der Waals surface area contributed by atoms with E-state index in [9.17, 15) is 9.18 Å². The van der Waals surface area contributed by atoms with Crippen molar-refractivity contribution in [3.05, 3.63) is 71.4 Å². The molecule has 1 aliphatic heterocycles. The van der Waals surface area contributed by atoms with Crippen molar-refractivity contribution < 1.29 is 13.9 Å². The number of hydrogen-bond donors (Lipinski definition) is 3. The number of hydrogen-bond acceptors (Lipinski definition) is 6. The maximum Gasteiger partial charge on any atom is 0.248 e. The van der Waals surface area contributed by atoms with Crippen LogP contribution in [0.3, 0.4) is 0 Å². The van der Waals surface area contributed by atoms with Crippen LogP contribution in [0.1, 0.15) is 16.7 Å². The number of rotatable bonds is 7. The minimum Gasteiger partial charge on any atom is -0.404 e. The lowest BCUT2D eigenvalue weighted by molar-refractivity contribution is -0.111. The second-order valence-electron chi connectivity index (χ2n) is 6.75. The summed E-state index contributed by atoms with van der Waals surface area (Å²) in [6, 6.07) is 6.40. The summed E-state index contributed by atoms with van der Waals surface area (Å²) in [5.74, 6) is -0.764. The van der Waals surface area contributed by atoms with Crippen molar-refractivity contribution in [1.29, 1.82) is 5.41 Å². The average Bonchev–Trinajstić information content (AvgIpc) is 2.76. The Morgan fingerprint density at radius 2 is 2.13 bits per heavy atom. The minimum atomic E-state index is -0.404. The van der Waals surface area contributed by atoms with Crippen LogP contribution in [-0.4, -0.2) is 48.3 Å². The van der Waals surface area contributed by atoms with Crippen molar-refractivity contribution >= 4 is 29.5 Å². The number of benzene rings is 1. The molecule has 0 unspecified atom stereocenters. The fraction of sp³-hybridized carbons (Fsp3) is 0.227. The smallest absolute Gasteiger partial charge is 0.248 e. The normalized spacial score (nSPS) is 15.3. The van der Waals surface area contributed by atoms with Crippen molar-refractivity contribution in [3.63, 3.8) is 0 Å². The van der Waals surface area contributed by atoms with Crippen LogP contribution in [0.25, 0.3) is 11.6 Å². The molecular formula is C22H24FN5O2. The molecule has 30 heavy (non-hydrogen) atoms. The fourth-order valence-electron chi connectivity index (χ4n) is 3.12. The molecule has 1 aromatic heterocycles. The quantitative estimate of drug-likeness (QED) is 0.482. The highest BCUT2D eigenvalue weighted by Gasteiger charge is 2.13. The van der Waals surface area contributed by atoms with E-state index >= 15 is 0 Å². The van der Waals surface area contributed by atoms with Gasteiger partial charge in [-0.25, -0.2) is 4.39 Å². The molecule has 1 aliphatic rings. The third-order valence-corrected chi connectivity index (χ3v) is 4.73. The molecule has 7 nitrogen and oxygen atoms in total. The van der Waals surface area contributed by atoms with Gasteiger partial charge in [0.1, 0.15) is 5.82 Å². The minimum absolute atomic E-state index is 0.360. The van der Waals surface area contributed by atoms with Crippen LogP contribution in [-0.2, 0) is 16.1 Å². The topological polar surface area (TPSA) is 104 Å². The molecule has 0 spiro atoms. The maximum atomic E-state index is 14.5. The van der Waals surface area contributed by atoms with Crippen LogP contribution in [0.5, 0.6) is 0 Å². The highest BCUT2D eigenvalue weighted by Crippen LogP contribution is 2.19. The molecule has 0 bridgehead atoms. The number of nitrogens with two attached hydrogens (primary N) is 1. The maximum absolute atomic E-state index is 14.5. The number of carbonyl (C=O) groups excluding carboxylic acids is 1. The lowest BCUT2D eigenvalue weighted by Crippen LogP contribution is -2.35. The van der Waals surface area contributed by atoms with Crippen molar-refractivity contribution in [2.75, 3.05) is 31.6 Å². The van der Waals surface area contributed by atoms with E-state index in [1.807, 2.05) is 0 Å². The highest BCUT2D eigenvalue weighted by atomic mass is 19.1. The van der Waals surface area contributed by atoms with E-state index in [0.717, 1.165) is 19.3 Å². The molecule has 1 fully saturated rings. The number of allylic oxidation sites excluding steroid dienone is 1.